The van der Waals surface area contributed by atoms with Gasteiger partial charge in [0.05, 0.1) is 16.4 Å². The smallest absolute Gasteiger partial charge is 0.0635 e. The third-order valence-electron chi connectivity index (χ3n) is 3.27. The Labute approximate surface area is 114 Å². The maximum absolute atomic E-state index is 4.47. The number of alkyl halides is 1. The summed E-state index contributed by atoms with van der Waals surface area (Å²) in [5, 5.41) is 4.47. The molecular formula is C12H18Br2N2. The van der Waals surface area contributed by atoms with Crippen molar-refractivity contribution < 1.29 is 0 Å². The van der Waals surface area contributed by atoms with Crippen LogP contribution in [0.1, 0.15) is 57.2 Å². The maximum Gasteiger partial charge on any atom is 0.0635 e. The molecular weight excluding hydrogens is 332 g/mol. The van der Waals surface area contributed by atoms with Crippen LogP contribution in [0.15, 0.2) is 10.7 Å². The highest BCUT2D eigenvalue weighted by atomic mass is 79.9. The first-order valence-corrected chi connectivity index (χ1v) is 7.67. The lowest BCUT2D eigenvalue weighted by atomic mass is 9.86. The van der Waals surface area contributed by atoms with Crippen LogP contribution in [-0.2, 0) is 0 Å². The molecule has 1 saturated carbocycles. The number of nitrogens with zero attached hydrogens (tertiary/aromatic N) is 2. The molecule has 2 unspecified atom stereocenters. The van der Waals surface area contributed by atoms with Crippen LogP contribution in [0.25, 0.3) is 0 Å². The SMILES string of the molecule is CC(C)n1ncc(Br)c1C1CCCC(Br)C1. The Bertz CT molecular complexity index is 360. The topological polar surface area (TPSA) is 17.8 Å². The molecule has 0 aliphatic heterocycles. The first kappa shape index (κ1) is 12.6. The highest BCUT2D eigenvalue weighted by molar-refractivity contribution is 9.10. The van der Waals surface area contributed by atoms with Gasteiger partial charge in [0.2, 0.25) is 0 Å². The van der Waals surface area contributed by atoms with E-state index in [-0.39, 0.29) is 0 Å². The molecule has 0 saturated heterocycles. The predicted octanol–water partition coefficient (Wildman–Crippen LogP) is 4.65. The Kier molecular flexibility index (Phi) is 4.11. The van der Waals surface area contributed by atoms with Crippen LogP contribution < -0.4 is 0 Å². The minimum atomic E-state index is 0.442. The van der Waals surface area contributed by atoms with Gasteiger partial charge in [-0.05, 0) is 49.0 Å². The number of rotatable bonds is 2. The first-order valence-electron chi connectivity index (χ1n) is 5.96. The molecule has 16 heavy (non-hydrogen) atoms. The number of halogens is 2. The van der Waals surface area contributed by atoms with Crippen LogP contribution >= 0.6 is 31.9 Å². The quantitative estimate of drug-likeness (QED) is 0.710. The zero-order valence-corrected chi connectivity index (χ0v) is 13.0. The average Bonchev–Trinajstić information content (AvgIpc) is 2.60. The third kappa shape index (κ3) is 2.53. The highest BCUT2D eigenvalue weighted by Crippen LogP contribution is 2.39. The monoisotopic (exact) mass is 348 g/mol. The third-order valence-corrected chi connectivity index (χ3v) is 4.72. The van der Waals surface area contributed by atoms with Crippen LogP contribution in [0.2, 0.25) is 0 Å². The Morgan fingerprint density at radius 2 is 2.19 bits per heavy atom. The second-order valence-electron chi connectivity index (χ2n) is 4.88. The van der Waals surface area contributed by atoms with Crippen LogP contribution in [0.4, 0.5) is 0 Å². The van der Waals surface area contributed by atoms with Gasteiger partial charge in [-0.3, -0.25) is 4.68 Å². The molecule has 1 aliphatic carbocycles. The zero-order chi connectivity index (χ0) is 11.7. The Morgan fingerprint density at radius 1 is 1.44 bits per heavy atom. The Morgan fingerprint density at radius 3 is 2.81 bits per heavy atom. The van der Waals surface area contributed by atoms with E-state index in [9.17, 15) is 0 Å². The maximum atomic E-state index is 4.47. The van der Waals surface area contributed by atoms with Gasteiger partial charge < -0.3 is 0 Å². The molecule has 1 fully saturated rings. The lowest BCUT2D eigenvalue weighted by Gasteiger charge is -2.27. The van der Waals surface area contributed by atoms with Gasteiger partial charge in [-0.2, -0.15) is 5.10 Å². The van der Waals surface area contributed by atoms with Crippen molar-refractivity contribution >= 4 is 31.9 Å². The molecule has 4 heteroatoms. The normalized spacial score (nSPS) is 26.3. The molecule has 2 nitrogen and oxygen atoms in total. The lowest BCUT2D eigenvalue weighted by molar-refractivity contribution is 0.409. The van der Waals surface area contributed by atoms with Crippen LogP contribution in [0, 0.1) is 0 Å². The van der Waals surface area contributed by atoms with Gasteiger partial charge in [-0.25, -0.2) is 0 Å². The summed E-state index contributed by atoms with van der Waals surface area (Å²) >= 11 is 7.40. The van der Waals surface area contributed by atoms with Crippen molar-refractivity contribution in [2.75, 3.05) is 0 Å². The molecule has 0 spiro atoms. The molecule has 0 N–H and O–H groups in total. The summed E-state index contributed by atoms with van der Waals surface area (Å²) in [7, 11) is 0. The standard InChI is InChI=1S/C12H18Br2N2/c1-8(2)16-12(11(14)7-15-16)9-4-3-5-10(13)6-9/h7-10H,3-6H2,1-2H3. The fourth-order valence-corrected chi connectivity index (χ4v) is 3.89. The summed E-state index contributed by atoms with van der Waals surface area (Å²) in [5.74, 6) is 0.650. The molecule has 0 radical (unpaired) electrons. The number of aromatic nitrogens is 2. The molecule has 0 bridgehead atoms. The summed E-state index contributed by atoms with van der Waals surface area (Å²) in [6.45, 7) is 4.38. The molecule has 90 valence electrons. The summed E-state index contributed by atoms with van der Waals surface area (Å²) in [4.78, 5) is 0.675. The first-order chi connectivity index (χ1) is 7.59. The van der Waals surface area contributed by atoms with E-state index < -0.39 is 0 Å². The largest absolute Gasteiger partial charge is 0.266 e. The molecule has 1 aromatic heterocycles. The Hall–Kier alpha value is 0.170. The number of hydrogen-bond donors (Lipinski definition) is 0. The average molecular weight is 350 g/mol. The van der Waals surface area contributed by atoms with Crippen molar-refractivity contribution in [3.8, 4) is 0 Å². The van der Waals surface area contributed by atoms with Crippen molar-refractivity contribution in [1.29, 1.82) is 0 Å². The van der Waals surface area contributed by atoms with E-state index in [0.29, 0.717) is 16.8 Å². The van der Waals surface area contributed by atoms with E-state index in [0.717, 1.165) is 0 Å². The fraction of sp³-hybridized carbons (Fsp3) is 0.750. The van der Waals surface area contributed by atoms with E-state index in [1.54, 1.807) is 0 Å². The van der Waals surface area contributed by atoms with Crippen molar-refractivity contribution in [2.24, 2.45) is 0 Å². The summed E-state index contributed by atoms with van der Waals surface area (Å²) in [6, 6.07) is 0.442. The van der Waals surface area contributed by atoms with Crippen LogP contribution in [-0.4, -0.2) is 14.6 Å². The van der Waals surface area contributed by atoms with Gasteiger partial charge in [0.15, 0.2) is 0 Å². The molecule has 2 rings (SSSR count). The van der Waals surface area contributed by atoms with E-state index in [4.69, 9.17) is 0 Å². The minimum absolute atomic E-state index is 0.442. The molecule has 0 amide bonds. The van der Waals surface area contributed by atoms with E-state index in [1.165, 1.54) is 35.8 Å². The van der Waals surface area contributed by atoms with Gasteiger partial charge in [-0.1, -0.05) is 22.4 Å². The van der Waals surface area contributed by atoms with Crippen molar-refractivity contribution in [3.05, 3.63) is 16.4 Å². The highest BCUT2D eigenvalue weighted by Gasteiger charge is 2.26. The Balaban J connectivity index is 2.27. The lowest BCUT2D eigenvalue weighted by Crippen LogP contribution is -2.18. The van der Waals surface area contributed by atoms with Gasteiger partial charge in [0.25, 0.3) is 0 Å². The fourth-order valence-electron chi connectivity index (χ4n) is 2.52. The van der Waals surface area contributed by atoms with Gasteiger partial charge >= 0.3 is 0 Å². The molecule has 1 heterocycles. The minimum Gasteiger partial charge on any atom is -0.266 e. The van der Waals surface area contributed by atoms with Crippen molar-refractivity contribution in [2.45, 2.75) is 56.3 Å². The van der Waals surface area contributed by atoms with Gasteiger partial charge in [0, 0.05) is 16.8 Å². The van der Waals surface area contributed by atoms with Crippen molar-refractivity contribution in [3.63, 3.8) is 0 Å². The van der Waals surface area contributed by atoms with Crippen LogP contribution in [0.5, 0.6) is 0 Å². The number of hydrogen-bond acceptors (Lipinski definition) is 1. The van der Waals surface area contributed by atoms with Crippen LogP contribution in [0.3, 0.4) is 0 Å². The van der Waals surface area contributed by atoms with E-state index >= 15 is 0 Å². The van der Waals surface area contributed by atoms with Crippen molar-refractivity contribution in [1.82, 2.24) is 9.78 Å². The molecule has 1 aromatic rings. The summed E-state index contributed by atoms with van der Waals surface area (Å²) < 4.78 is 3.34. The van der Waals surface area contributed by atoms with E-state index in [2.05, 4.69) is 55.5 Å². The summed E-state index contributed by atoms with van der Waals surface area (Å²) in [5.41, 5.74) is 1.39. The van der Waals surface area contributed by atoms with Gasteiger partial charge in [-0.15, -0.1) is 0 Å². The van der Waals surface area contributed by atoms with Gasteiger partial charge in [0.1, 0.15) is 0 Å². The molecule has 2 atom stereocenters. The summed E-state index contributed by atoms with van der Waals surface area (Å²) in [6.07, 6.45) is 7.09. The molecule has 0 aromatic carbocycles. The zero-order valence-electron chi connectivity index (χ0n) is 9.79. The second kappa shape index (κ2) is 5.21. The van der Waals surface area contributed by atoms with E-state index in [1.807, 2.05) is 6.20 Å². The molecule has 1 aliphatic rings. The second-order valence-corrected chi connectivity index (χ2v) is 7.03. The predicted molar refractivity (Wildman–Crippen MR) is 74.2 cm³/mol.